The molecule has 0 aliphatic carbocycles. The maximum atomic E-state index is 12.8. The fraction of sp³-hybridized carbons (Fsp3) is 0.412. The molecule has 0 bridgehead atoms. The molecule has 1 atom stereocenters. The lowest BCUT2D eigenvalue weighted by atomic mass is 10.1. The molecule has 1 amide bonds. The second-order valence-corrected chi connectivity index (χ2v) is 9.04. The van der Waals surface area contributed by atoms with E-state index in [0.717, 1.165) is 17.6 Å². The maximum Gasteiger partial charge on any atom is 0.412 e. The number of nitrogens with zero attached hydrogens (tertiary/aromatic N) is 3. The van der Waals surface area contributed by atoms with Crippen molar-refractivity contribution in [2.45, 2.75) is 31.8 Å². The van der Waals surface area contributed by atoms with Crippen LogP contribution in [-0.4, -0.2) is 47.2 Å². The van der Waals surface area contributed by atoms with E-state index in [2.05, 4.69) is 4.98 Å². The van der Waals surface area contributed by atoms with E-state index in [1.165, 1.54) is 29.2 Å². The van der Waals surface area contributed by atoms with Gasteiger partial charge in [0, 0.05) is 30.5 Å². The Morgan fingerprint density at radius 3 is 2.67 bits per heavy atom. The van der Waals surface area contributed by atoms with Crippen LogP contribution in [0.5, 0.6) is 0 Å². The normalized spacial score (nSPS) is 19.1. The van der Waals surface area contributed by atoms with E-state index in [-0.39, 0.29) is 36.9 Å². The highest BCUT2D eigenvalue weighted by atomic mass is 32.2. The van der Waals surface area contributed by atoms with Crippen LogP contribution in [0.15, 0.2) is 29.6 Å². The predicted octanol–water partition coefficient (Wildman–Crippen LogP) is 2.11. The van der Waals surface area contributed by atoms with E-state index >= 15 is 0 Å². The third-order valence-corrected chi connectivity index (χ3v) is 6.00. The number of thiazole rings is 1. The number of rotatable bonds is 7. The minimum atomic E-state index is -3.97. The van der Waals surface area contributed by atoms with Gasteiger partial charge in [0.15, 0.2) is 0 Å². The highest BCUT2D eigenvalue weighted by Crippen LogP contribution is 2.43. The summed E-state index contributed by atoms with van der Waals surface area (Å²) in [6.07, 6.45) is 0.713. The van der Waals surface area contributed by atoms with Crippen molar-refractivity contribution in [1.82, 2.24) is 9.88 Å². The molecule has 1 saturated heterocycles. The predicted molar refractivity (Wildman–Crippen MR) is 105 cm³/mol. The van der Waals surface area contributed by atoms with Crippen molar-refractivity contribution in [2.75, 3.05) is 12.8 Å². The number of aliphatic hydroxyl groups is 1. The Morgan fingerprint density at radius 1 is 1.40 bits per heavy atom. The Hall–Kier alpha value is -2.61. The number of aliphatic hydroxyl groups excluding tert-OH is 1. The molecular weight excluding hydrogens is 438 g/mol. The van der Waals surface area contributed by atoms with Gasteiger partial charge in [0.05, 0.1) is 23.5 Å². The lowest BCUT2D eigenvalue weighted by Crippen LogP contribution is -2.48. The molecular formula is C17H19N3O8S2. The van der Waals surface area contributed by atoms with Crippen LogP contribution in [0.3, 0.4) is 0 Å². The van der Waals surface area contributed by atoms with Crippen LogP contribution < -0.4 is 0 Å². The molecule has 1 N–H and O–H groups in total. The molecule has 1 aromatic carbocycles. The van der Waals surface area contributed by atoms with Crippen molar-refractivity contribution in [3.05, 3.63) is 56.0 Å². The van der Waals surface area contributed by atoms with E-state index in [9.17, 15) is 28.4 Å². The summed E-state index contributed by atoms with van der Waals surface area (Å²) < 4.78 is 34.5. The van der Waals surface area contributed by atoms with Gasteiger partial charge in [-0.3, -0.25) is 15.0 Å². The molecule has 0 spiro atoms. The number of aromatic nitrogens is 1. The summed E-state index contributed by atoms with van der Waals surface area (Å²) in [6, 6.07) is 5.51. The van der Waals surface area contributed by atoms with Gasteiger partial charge in [-0.2, -0.15) is 8.42 Å². The average Bonchev–Trinajstić information content (AvgIpc) is 3.33. The van der Waals surface area contributed by atoms with E-state index in [4.69, 9.17) is 8.92 Å². The number of benzene rings is 1. The van der Waals surface area contributed by atoms with Crippen LogP contribution >= 0.6 is 11.3 Å². The number of hydrogen-bond donors (Lipinski definition) is 1. The first-order chi connectivity index (χ1) is 14.1. The van der Waals surface area contributed by atoms with Gasteiger partial charge >= 0.3 is 6.09 Å². The Morgan fingerprint density at radius 2 is 2.10 bits per heavy atom. The number of carbonyl (C=O) groups is 1. The number of nitro benzene ring substituents is 1. The fourth-order valence-electron chi connectivity index (χ4n) is 3.12. The van der Waals surface area contributed by atoms with Crippen LogP contribution in [0.2, 0.25) is 0 Å². The summed E-state index contributed by atoms with van der Waals surface area (Å²) in [7, 11) is -3.97. The molecule has 13 heteroatoms. The van der Waals surface area contributed by atoms with E-state index in [1.54, 1.807) is 5.38 Å². The highest BCUT2D eigenvalue weighted by molar-refractivity contribution is 7.86. The van der Waals surface area contributed by atoms with Gasteiger partial charge in [0.1, 0.15) is 11.6 Å². The maximum absolute atomic E-state index is 12.8. The third kappa shape index (κ3) is 4.75. The van der Waals surface area contributed by atoms with Gasteiger partial charge in [0.25, 0.3) is 15.8 Å². The summed E-state index contributed by atoms with van der Waals surface area (Å²) >= 11 is 1.08. The molecule has 1 fully saturated rings. The monoisotopic (exact) mass is 457 g/mol. The molecule has 2 heterocycles. The van der Waals surface area contributed by atoms with Crippen LogP contribution in [0.1, 0.15) is 29.1 Å². The summed E-state index contributed by atoms with van der Waals surface area (Å²) in [5.41, 5.74) is -0.885. The molecule has 162 valence electrons. The Labute approximate surface area is 176 Å². The van der Waals surface area contributed by atoms with Gasteiger partial charge in [-0.15, -0.1) is 11.3 Å². The zero-order valence-corrected chi connectivity index (χ0v) is 17.5. The van der Waals surface area contributed by atoms with Crippen molar-refractivity contribution < 1.29 is 32.2 Å². The van der Waals surface area contributed by atoms with Crippen LogP contribution in [0, 0.1) is 10.1 Å². The first-order valence-electron chi connectivity index (χ1n) is 8.79. The topological polar surface area (TPSA) is 149 Å². The lowest BCUT2D eigenvalue weighted by molar-refractivity contribution is -0.384. The van der Waals surface area contributed by atoms with Crippen LogP contribution in [-0.2, 0) is 38.0 Å². The van der Waals surface area contributed by atoms with E-state index < -0.39 is 26.9 Å². The molecule has 1 aromatic heterocycles. The van der Waals surface area contributed by atoms with Crippen molar-refractivity contribution in [1.29, 1.82) is 0 Å². The fourth-order valence-corrected chi connectivity index (χ4v) is 4.91. The lowest BCUT2D eigenvalue weighted by Gasteiger charge is -2.34. The summed E-state index contributed by atoms with van der Waals surface area (Å²) in [4.78, 5) is 28.4. The second-order valence-electron chi connectivity index (χ2n) is 6.61. The second kappa shape index (κ2) is 8.63. The number of hydrogen-bond acceptors (Lipinski definition) is 10. The molecule has 3 rings (SSSR count). The van der Waals surface area contributed by atoms with Crippen molar-refractivity contribution >= 4 is 33.2 Å². The number of carbonyl (C=O) groups excluding carboxylic acids is 1. The van der Waals surface area contributed by atoms with Crippen LogP contribution in [0.25, 0.3) is 0 Å². The third-order valence-electron chi connectivity index (χ3n) is 4.40. The molecule has 0 unspecified atom stereocenters. The van der Waals surface area contributed by atoms with Crippen molar-refractivity contribution in [2.24, 2.45) is 0 Å². The first-order valence-corrected chi connectivity index (χ1v) is 11.5. The van der Waals surface area contributed by atoms with Crippen LogP contribution in [0.4, 0.5) is 10.5 Å². The van der Waals surface area contributed by atoms with Gasteiger partial charge < -0.3 is 9.84 Å². The molecule has 30 heavy (non-hydrogen) atoms. The molecule has 1 aliphatic rings. The van der Waals surface area contributed by atoms with Gasteiger partial charge in [-0.25, -0.2) is 14.0 Å². The van der Waals surface area contributed by atoms with Crippen molar-refractivity contribution in [3.63, 3.8) is 0 Å². The van der Waals surface area contributed by atoms with E-state index in [0.29, 0.717) is 17.7 Å². The number of amides is 1. The quantitative estimate of drug-likeness (QED) is 0.374. The molecule has 0 saturated carbocycles. The minimum Gasteiger partial charge on any atom is -0.444 e. The number of ether oxygens (including phenoxy) is 1. The Balaban J connectivity index is 1.82. The first kappa shape index (κ1) is 22.1. The van der Waals surface area contributed by atoms with Gasteiger partial charge in [0.2, 0.25) is 5.72 Å². The average molecular weight is 457 g/mol. The van der Waals surface area contributed by atoms with Gasteiger partial charge in [-0.05, 0) is 24.1 Å². The highest BCUT2D eigenvalue weighted by Gasteiger charge is 2.52. The summed E-state index contributed by atoms with van der Waals surface area (Å²) in [6.45, 7) is -0.319. The number of nitro groups is 1. The van der Waals surface area contributed by atoms with Crippen molar-refractivity contribution in [3.8, 4) is 0 Å². The standard InChI is InChI=1S/C17H19N3O8S2/c1-30(25,26)28-17(15-18-13(9-21)11-29-15)7-2-8-19(17)16(22)27-10-12-3-5-14(6-4-12)20(23)24/h3-6,11,21H,2,7-10H2,1H3/t17-/m0/s1. The molecule has 11 nitrogen and oxygen atoms in total. The number of non-ortho nitro benzene ring substituents is 1. The summed E-state index contributed by atoms with van der Waals surface area (Å²) in [5.74, 6) is 0. The molecule has 2 aromatic rings. The molecule has 1 aliphatic heterocycles. The van der Waals surface area contributed by atoms with E-state index in [1.807, 2.05) is 0 Å². The minimum absolute atomic E-state index is 0.0892. The zero-order valence-electron chi connectivity index (χ0n) is 15.9. The SMILES string of the molecule is CS(=O)(=O)O[C@]1(c2nc(CO)cs2)CCCN1C(=O)OCc1ccc([N+](=O)[O-])cc1. The molecule has 0 radical (unpaired) electrons. The largest absolute Gasteiger partial charge is 0.444 e. The zero-order chi connectivity index (χ0) is 21.9. The summed E-state index contributed by atoms with van der Waals surface area (Å²) in [5, 5.41) is 21.8. The van der Waals surface area contributed by atoms with Gasteiger partial charge in [-0.1, -0.05) is 0 Å². The number of likely N-dealkylation sites (tertiary alicyclic amines) is 1. The smallest absolute Gasteiger partial charge is 0.412 e. The Bertz CT molecular complexity index is 1040. The Kier molecular flexibility index (Phi) is 6.36.